The van der Waals surface area contributed by atoms with Crippen LogP contribution in [0.5, 0.6) is 0 Å². The molecule has 1 N–H and O–H groups in total. The van der Waals surface area contributed by atoms with Crippen LogP contribution in [0.4, 0.5) is 0 Å². The van der Waals surface area contributed by atoms with E-state index < -0.39 is 11.4 Å². The van der Waals surface area contributed by atoms with Crippen molar-refractivity contribution in [2.45, 2.75) is 71.3 Å². The third-order valence-electron chi connectivity index (χ3n) is 5.46. The summed E-state index contributed by atoms with van der Waals surface area (Å²) in [7, 11) is 0. The van der Waals surface area contributed by atoms with Gasteiger partial charge in [0.05, 0.1) is 5.41 Å². The summed E-state index contributed by atoms with van der Waals surface area (Å²) in [5.41, 5.74) is -0.429. The van der Waals surface area contributed by atoms with Crippen LogP contribution in [0.2, 0.25) is 0 Å². The van der Waals surface area contributed by atoms with Crippen LogP contribution in [0.3, 0.4) is 0 Å². The fourth-order valence-corrected chi connectivity index (χ4v) is 3.80. The van der Waals surface area contributed by atoms with E-state index in [4.69, 9.17) is 0 Å². The monoisotopic (exact) mass is 267 g/mol. The second-order valence-electron chi connectivity index (χ2n) is 6.75. The van der Waals surface area contributed by atoms with Crippen molar-refractivity contribution in [3.8, 4) is 0 Å². The van der Waals surface area contributed by atoms with E-state index in [2.05, 4.69) is 18.7 Å². The van der Waals surface area contributed by atoms with Gasteiger partial charge in [0.2, 0.25) is 0 Å². The molecule has 0 spiro atoms. The highest BCUT2D eigenvalue weighted by Gasteiger charge is 2.41. The van der Waals surface area contributed by atoms with Gasteiger partial charge in [0, 0.05) is 6.04 Å². The average Bonchev–Trinajstić information content (AvgIpc) is 2.34. The number of likely N-dealkylation sites (tertiary alicyclic amines) is 1. The van der Waals surface area contributed by atoms with Crippen LogP contribution in [0, 0.1) is 11.3 Å². The minimum atomic E-state index is -0.569. The summed E-state index contributed by atoms with van der Waals surface area (Å²) in [5.74, 6) is 0.373. The van der Waals surface area contributed by atoms with Crippen molar-refractivity contribution in [1.82, 2.24) is 4.90 Å². The fraction of sp³-hybridized carbons (Fsp3) is 0.938. The van der Waals surface area contributed by atoms with E-state index in [1.165, 1.54) is 25.7 Å². The average molecular weight is 267 g/mol. The van der Waals surface area contributed by atoms with Crippen molar-refractivity contribution in [2.24, 2.45) is 11.3 Å². The maximum atomic E-state index is 11.6. The lowest BCUT2D eigenvalue weighted by atomic mass is 9.74. The standard InChI is InChI=1S/C16H29NO2/c1-3-7-16(15(18)19)8-10-17(11-9-16)13(2)12-14-5-4-6-14/h13-14H,3-12H2,1-2H3,(H,18,19). The smallest absolute Gasteiger partial charge is 0.309 e. The highest BCUT2D eigenvalue weighted by Crippen LogP contribution is 2.38. The minimum absolute atomic E-state index is 0.429. The van der Waals surface area contributed by atoms with E-state index in [1.54, 1.807) is 0 Å². The molecule has 110 valence electrons. The van der Waals surface area contributed by atoms with Crippen LogP contribution in [-0.4, -0.2) is 35.1 Å². The Hall–Kier alpha value is -0.570. The first kappa shape index (κ1) is 14.8. The maximum Gasteiger partial charge on any atom is 0.309 e. The van der Waals surface area contributed by atoms with E-state index in [0.29, 0.717) is 6.04 Å². The third-order valence-corrected chi connectivity index (χ3v) is 5.46. The van der Waals surface area contributed by atoms with Gasteiger partial charge in [-0.25, -0.2) is 0 Å². The highest BCUT2D eigenvalue weighted by atomic mass is 16.4. The van der Waals surface area contributed by atoms with E-state index >= 15 is 0 Å². The van der Waals surface area contributed by atoms with Gasteiger partial charge < -0.3 is 10.0 Å². The van der Waals surface area contributed by atoms with E-state index in [9.17, 15) is 9.90 Å². The molecular weight excluding hydrogens is 238 g/mol. The van der Waals surface area contributed by atoms with Crippen LogP contribution < -0.4 is 0 Å². The second-order valence-corrected chi connectivity index (χ2v) is 6.75. The number of carbonyl (C=O) groups is 1. The van der Waals surface area contributed by atoms with Gasteiger partial charge in [-0.05, 0) is 51.6 Å². The minimum Gasteiger partial charge on any atom is -0.481 e. The summed E-state index contributed by atoms with van der Waals surface area (Å²) < 4.78 is 0. The predicted octanol–water partition coefficient (Wildman–Crippen LogP) is 3.53. The van der Waals surface area contributed by atoms with Gasteiger partial charge >= 0.3 is 5.97 Å². The van der Waals surface area contributed by atoms with Crippen molar-refractivity contribution >= 4 is 5.97 Å². The van der Waals surface area contributed by atoms with Crippen molar-refractivity contribution in [1.29, 1.82) is 0 Å². The van der Waals surface area contributed by atoms with E-state index in [-0.39, 0.29) is 0 Å². The number of carboxylic acid groups (broad SMARTS) is 1. The molecule has 19 heavy (non-hydrogen) atoms. The Morgan fingerprint density at radius 3 is 2.42 bits per heavy atom. The summed E-state index contributed by atoms with van der Waals surface area (Å²) in [6.07, 6.45) is 9.04. The zero-order valence-electron chi connectivity index (χ0n) is 12.5. The van der Waals surface area contributed by atoms with Crippen molar-refractivity contribution in [2.75, 3.05) is 13.1 Å². The van der Waals surface area contributed by atoms with Crippen LogP contribution in [0.15, 0.2) is 0 Å². The molecule has 0 radical (unpaired) electrons. The molecule has 1 aliphatic heterocycles. The van der Waals surface area contributed by atoms with Gasteiger partial charge in [0.15, 0.2) is 0 Å². The zero-order chi connectivity index (χ0) is 13.9. The fourth-order valence-electron chi connectivity index (χ4n) is 3.80. The summed E-state index contributed by atoms with van der Waals surface area (Å²) in [5, 5.41) is 9.52. The maximum absolute atomic E-state index is 11.6. The van der Waals surface area contributed by atoms with Gasteiger partial charge in [-0.3, -0.25) is 4.79 Å². The Labute approximate surface area is 117 Å². The molecule has 1 atom stereocenters. The number of hydrogen-bond donors (Lipinski definition) is 1. The number of nitrogens with zero attached hydrogens (tertiary/aromatic N) is 1. The third kappa shape index (κ3) is 3.31. The van der Waals surface area contributed by atoms with Crippen molar-refractivity contribution in [3.05, 3.63) is 0 Å². The topological polar surface area (TPSA) is 40.5 Å². The Morgan fingerprint density at radius 2 is 2.00 bits per heavy atom. The quantitative estimate of drug-likeness (QED) is 0.800. The Bertz CT molecular complexity index is 304. The number of aliphatic carboxylic acids is 1. The molecule has 0 aromatic rings. The molecular formula is C16H29NO2. The van der Waals surface area contributed by atoms with Gasteiger partial charge in [0.1, 0.15) is 0 Å². The molecule has 0 amide bonds. The van der Waals surface area contributed by atoms with Gasteiger partial charge in [-0.2, -0.15) is 0 Å². The first-order chi connectivity index (χ1) is 9.07. The van der Waals surface area contributed by atoms with Gasteiger partial charge in [0.25, 0.3) is 0 Å². The molecule has 1 unspecified atom stereocenters. The molecule has 0 aromatic carbocycles. The normalized spacial score (nSPS) is 25.8. The summed E-state index contributed by atoms with van der Waals surface area (Å²) >= 11 is 0. The SMILES string of the molecule is CCCC1(C(=O)O)CCN(C(C)CC2CCC2)CC1. The Balaban J connectivity index is 1.84. The van der Waals surface area contributed by atoms with Crippen LogP contribution >= 0.6 is 0 Å². The number of carboxylic acids is 1. The van der Waals surface area contributed by atoms with Crippen LogP contribution in [0.1, 0.15) is 65.2 Å². The van der Waals surface area contributed by atoms with Crippen LogP contribution in [-0.2, 0) is 4.79 Å². The lowest BCUT2D eigenvalue weighted by molar-refractivity contribution is -0.153. The Morgan fingerprint density at radius 1 is 1.37 bits per heavy atom. The summed E-state index contributed by atoms with van der Waals surface area (Å²) in [4.78, 5) is 14.1. The van der Waals surface area contributed by atoms with Crippen molar-refractivity contribution < 1.29 is 9.90 Å². The number of rotatable bonds is 6. The molecule has 2 aliphatic rings. The molecule has 2 rings (SSSR count). The molecule has 1 saturated heterocycles. The van der Waals surface area contributed by atoms with Crippen LogP contribution in [0.25, 0.3) is 0 Å². The van der Waals surface area contributed by atoms with E-state index in [1.807, 2.05) is 0 Å². The number of hydrogen-bond acceptors (Lipinski definition) is 2. The predicted molar refractivity (Wildman–Crippen MR) is 77.2 cm³/mol. The first-order valence-electron chi connectivity index (χ1n) is 8.05. The molecule has 3 heteroatoms. The molecule has 1 saturated carbocycles. The molecule has 2 fully saturated rings. The molecule has 1 aliphatic carbocycles. The van der Waals surface area contributed by atoms with Gasteiger partial charge in [-0.15, -0.1) is 0 Å². The highest BCUT2D eigenvalue weighted by molar-refractivity contribution is 5.74. The molecule has 0 bridgehead atoms. The largest absolute Gasteiger partial charge is 0.481 e. The lowest BCUT2D eigenvalue weighted by Gasteiger charge is -2.42. The lowest BCUT2D eigenvalue weighted by Crippen LogP contribution is -2.47. The zero-order valence-corrected chi connectivity index (χ0v) is 12.5. The Kier molecular flexibility index (Phi) is 4.88. The number of piperidine rings is 1. The summed E-state index contributed by atoms with van der Waals surface area (Å²) in [6.45, 7) is 6.36. The van der Waals surface area contributed by atoms with Crippen molar-refractivity contribution in [3.63, 3.8) is 0 Å². The van der Waals surface area contributed by atoms with E-state index in [0.717, 1.165) is 44.7 Å². The molecule has 1 heterocycles. The molecule has 3 nitrogen and oxygen atoms in total. The van der Waals surface area contributed by atoms with Gasteiger partial charge in [-0.1, -0.05) is 32.6 Å². The first-order valence-corrected chi connectivity index (χ1v) is 8.05. The second kappa shape index (κ2) is 6.25. The summed E-state index contributed by atoms with van der Waals surface area (Å²) in [6, 6.07) is 0.638. The molecule has 0 aromatic heterocycles.